The maximum absolute atomic E-state index is 12.9. The van der Waals surface area contributed by atoms with Crippen LogP contribution >= 0.6 is 23.1 Å². The number of para-hydroxylation sites is 1. The molecular formula is C28H30N4O5S2. The van der Waals surface area contributed by atoms with Crippen molar-refractivity contribution in [3.63, 3.8) is 0 Å². The van der Waals surface area contributed by atoms with Crippen molar-refractivity contribution >= 4 is 40.0 Å². The molecule has 0 fully saturated rings. The summed E-state index contributed by atoms with van der Waals surface area (Å²) in [6.07, 6.45) is -0.327. The van der Waals surface area contributed by atoms with Crippen LogP contribution in [0, 0.1) is 6.92 Å². The second kappa shape index (κ2) is 12.8. The van der Waals surface area contributed by atoms with Crippen molar-refractivity contribution < 1.29 is 23.8 Å². The lowest BCUT2D eigenvalue weighted by atomic mass is 10.0. The number of anilines is 1. The van der Waals surface area contributed by atoms with E-state index in [-0.39, 0.29) is 17.8 Å². The van der Waals surface area contributed by atoms with Gasteiger partial charge in [-0.05, 0) is 50.1 Å². The van der Waals surface area contributed by atoms with Gasteiger partial charge in [0.2, 0.25) is 5.91 Å². The van der Waals surface area contributed by atoms with Gasteiger partial charge in [0.1, 0.15) is 22.1 Å². The summed E-state index contributed by atoms with van der Waals surface area (Å²) in [6.45, 7) is 6.53. The van der Waals surface area contributed by atoms with Gasteiger partial charge in [0.05, 0.1) is 20.0 Å². The van der Waals surface area contributed by atoms with Crippen molar-refractivity contribution in [2.45, 2.75) is 38.6 Å². The number of amides is 1. The fourth-order valence-corrected chi connectivity index (χ4v) is 5.75. The molecule has 1 atom stereocenters. The number of esters is 1. The number of benzene rings is 2. The molecule has 2 aromatic heterocycles. The second-order valence-corrected chi connectivity index (χ2v) is 10.3. The van der Waals surface area contributed by atoms with Crippen molar-refractivity contribution in [3.8, 4) is 22.6 Å². The van der Waals surface area contributed by atoms with Crippen LogP contribution in [0.4, 0.5) is 5.00 Å². The predicted molar refractivity (Wildman–Crippen MR) is 153 cm³/mol. The molecule has 0 spiro atoms. The zero-order valence-corrected chi connectivity index (χ0v) is 24.0. The number of nitrogens with one attached hydrogen (secondary N) is 1. The minimum Gasteiger partial charge on any atom is -0.497 e. The third-order valence-electron chi connectivity index (χ3n) is 5.99. The van der Waals surface area contributed by atoms with E-state index in [4.69, 9.17) is 14.2 Å². The summed E-state index contributed by atoms with van der Waals surface area (Å²) in [7, 11) is 2.91. The van der Waals surface area contributed by atoms with Crippen molar-refractivity contribution in [2.24, 2.45) is 0 Å². The fourth-order valence-electron chi connectivity index (χ4n) is 3.97. The number of ether oxygens (including phenoxy) is 3. The molecule has 0 aliphatic carbocycles. The first-order valence-corrected chi connectivity index (χ1v) is 14.1. The van der Waals surface area contributed by atoms with Crippen molar-refractivity contribution in [1.29, 1.82) is 0 Å². The summed E-state index contributed by atoms with van der Waals surface area (Å²) in [5.41, 5.74) is 2.84. The highest BCUT2D eigenvalue weighted by molar-refractivity contribution is 7.99. The first-order valence-electron chi connectivity index (χ1n) is 12.3. The van der Waals surface area contributed by atoms with Gasteiger partial charge in [0.25, 0.3) is 0 Å². The molecule has 2 aromatic carbocycles. The van der Waals surface area contributed by atoms with Gasteiger partial charge < -0.3 is 24.1 Å². The van der Waals surface area contributed by atoms with Gasteiger partial charge in [-0.1, -0.05) is 42.1 Å². The molecule has 0 aliphatic heterocycles. The number of carbonyl (C=O) groups excluding carboxylic acids is 2. The van der Waals surface area contributed by atoms with Gasteiger partial charge >= 0.3 is 5.97 Å². The third kappa shape index (κ3) is 6.43. The number of rotatable bonds is 11. The Morgan fingerprint density at radius 1 is 1.10 bits per heavy atom. The molecule has 4 aromatic rings. The van der Waals surface area contributed by atoms with Crippen LogP contribution in [-0.2, 0) is 16.1 Å². The Balaban J connectivity index is 1.46. The molecule has 9 nitrogen and oxygen atoms in total. The molecule has 0 saturated carbocycles. The molecule has 1 unspecified atom stereocenters. The van der Waals surface area contributed by atoms with Crippen LogP contribution in [-0.4, -0.2) is 46.6 Å². The Labute approximate surface area is 235 Å². The molecule has 39 heavy (non-hydrogen) atoms. The van der Waals surface area contributed by atoms with E-state index < -0.39 is 5.97 Å². The van der Waals surface area contributed by atoms with Crippen LogP contribution in [0.1, 0.15) is 41.7 Å². The summed E-state index contributed by atoms with van der Waals surface area (Å²) in [5.74, 6) is 1.46. The fraction of sp³-hybridized carbons (Fsp3) is 0.286. The first-order chi connectivity index (χ1) is 18.9. The number of nitrogens with zero attached hydrogens (tertiary/aromatic N) is 3. The Hall–Kier alpha value is -3.83. The normalized spacial score (nSPS) is 11.6. The summed E-state index contributed by atoms with van der Waals surface area (Å²) < 4.78 is 18.3. The molecule has 0 radical (unpaired) electrons. The average Bonchev–Trinajstić information content (AvgIpc) is 3.56. The van der Waals surface area contributed by atoms with Gasteiger partial charge in [0.15, 0.2) is 17.1 Å². The smallest absolute Gasteiger partial charge is 0.341 e. The van der Waals surface area contributed by atoms with Crippen LogP contribution in [0.5, 0.6) is 11.5 Å². The molecule has 2 heterocycles. The summed E-state index contributed by atoms with van der Waals surface area (Å²) in [6, 6.07) is 15.1. The summed E-state index contributed by atoms with van der Waals surface area (Å²) in [4.78, 5) is 25.6. The highest BCUT2D eigenvalue weighted by Crippen LogP contribution is 2.37. The molecule has 1 N–H and O–H groups in total. The molecule has 1 amide bonds. The monoisotopic (exact) mass is 566 g/mol. The standard InChI is InChI=1S/C28H30N4O5S2/c1-6-32-25(18(3)37-22-10-8-7-9-17(22)2)30-31-28(32)39-16-23(33)29-26-24(27(34)36-5)21(15-38-26)19-11-13-20(35-4)14-12-19/h7-15,18H,6,16H2,1-5H3,(H,29,33). The van der Waals surface area contributed by atoms with E-state index in [0.717, 1.165) is 16.9 Å². The van der Waals surface area contributed by atoms with Crippen LogP contribution in [0.15, 0.2) is 59.1 Å². The van der Waals surface area contributed by atoms with Crippen molar-refractivity contribution in [3.05, 3.63) is 70.9 Å². The minimum absolute atomic E-state index is 0.0849. The van der Waals surface area contributed by atoms with Crippen LogP contribution in [0.3, 0.4) is 0 Å². The number of hydrogen-bond donors (Lipinski definition) is 1. The van der Waals surface area contributed by atoms with E-state index in [1.54, 1.807) is 7.11 Å². The molecule has 204 valence electrons. The topological polar surface area (TPSA) is 105 Å². The number of thioether (sulfide) groups is 1. The molecular weight excluding hydrogens is 536 g/mol. The number of aromatic nitrogens is 3. The van der Waals surface area contributed by atoms with E-state index >= 15 is 0 Å². The van der Waals surface area contributed by atoms with E-state index in [1.807, 2.05) is 79.2 Å². The molecule has 4 rings (SSSR count). The number of thiophene rings is 1. The Bertz CT molecular complexity index is 1450. The average molecular weight is 567 g/mol. The maximum atomic E-state index is 12.9. The number of hydrogen-bond acceptors (Lipinski definition) is 9. The highest BCUT2D eigenvalue weighted by Gasteiger charge is 2.24. The van der Waals surface area contributed by atoms with Crippen molar-refractivity contribution in [2.75, 3.05) is 25.3 Å². The lowest BCUT2D eigenvalue weighted by molar-refractivity contribution is -0.113. The zero-order valence-electron chi connectivity index (χ0n) is 22.4. The SMILES string of the molecule is CCn1c(SCC(=O)Nc2scc(-c3ccc(OC)cc3)c2C(=O)OC)nnc1C(C)Oc1ccccc1C. The Morgan fingerprint density at radius 2 is 1.85 bits per heavy atom. The molecule has 11 heteroatoms. The Kier molecular flexibility index (Phi) is 9.26. The largest absolute Gasteiger partial charge is 0.497 e. The van der Waals surface area contributed by atoms with Gasteiger partial charge in [-0.25, -0.2) is 4.79 Å². The van der Waals surface area contributed by atoms with E-state index in [1.165, 1.54) is 30.2 Å². The summed E-state index contributed by atoms with van der Waals surface area (Å²) >= 11 is 2.54. The highest BCUT2D eigenvalue weighted by atomic mass is 32.2. The van der Waals surface area contributed by atoms with Gasteiger partial charge in [-0.2, -0.15) is 0 Å². The quantitative estimate of drug-likeness (QED) is 0.174. The van der Waals surface area contributed by atoms with Crippen molar-refractivity contribution in [1.82, 2.24) is 14.8 Å². The Morgan fingerprint density at radius 3 is 2.51 bits per heavy atom. The molecule has 0 saturated heterocycles. The molecule has 0 bridgehead atoms. The third-order valence-corrected chi connectivity index (χ3v) is 7.85. The van der Waals surface area contributed by atoms with E-state index in [2.05, 4.69) is 15.5 Å². The molecule has 0 aliphatic rings. The number of aryl methyl sites for hydroxylation is 1. The van der Waals surface area contributed by atoms with Crippen LogP contribution in [0.2, 0.25) is 0 Å². The van der Waals surface area contributed by atoms with Crippen LogP contribution < -0.4 is 14.8 Å². The van der Waals surface area contributed by atoms with Crippen LogP contribution in [0.25, 0.3) is 11.1 Å². The lowest BCUT2D eigenvalue weighted by Crippen LogP contribution is -2.17. The number of methoxy groups -OCH3 is 2. The van der Waals surface area contributed by atoms with Gasteiger partial charge in [-0.3, -0.25) is 4.79 Å². The van der Waals surface area contributed by atoms with E-state index in [0.29, 0.717) is 39.4 Å². The first kappa shape index (κ1) is 28.2. The van der Waals surface area contributed by atoms with E-state index in [9.17, 15) is 9.59 Å². The summed E-state index contributed by atoms with van der Waals surface area (Å²) in [5, 5.41) is 14.4. The minimum atomic E-state index is -0.525. The lowest BCUT2D eigenvalue weighted by Gasteiger charge is -2.17. The maximum Gasteiger partial charge on any atom is 0.341 e. The van der Waals surface area contributed by atoms with Gasteiger partial charge in [0, 0.05) is 17.5 Å². The second-order valence-electron chi connectivity index (χ2n) is 8.52. The van der Waals surface area contributed by atoms with Gasteiger partial charge in [-0.15, -0.1) is 21.5 Å². The zero-order chi connectivity index (χ0) is 27.9. The predicted octanol–water partition coefficient (Wildman–Crippen LogP) is 6.00. The number of carbonyl (C=O) groups is 2.